The summed E-state index contributed by atoms with van der Waals surface area (Å²) in [7, 11) is 2.06. The third-order valence-corrected chi connectivity index (χ3v) is 3.87. The van der Waals surface area contributed by atoms with Crippen molar-refractivity contribution < 1.29 is 5.11 Å². The van der Waals surface area contributed by atoms with Crippen LogP contribution >= 0.6 is 0 Å². The highest BCUT2D eigenvalue weighted by molar-refractivity contribution is 5.10. The Labute approximate surface area is 110 Å². The zero-order valence-corrected chi connectivity index (χ0v) is 11.7. The van der Waals surface area contributed by atoms with Crippen molar-refractivity contribution in [3.05, 3.63) is 24.0 Å². The van der Waals surface area contributed by atoms with E-state index in [0.29, 0.717) is 6.04 Å². The summed E-state index contributed by atoms with van der Waals surface area (Å²) >= 11 is 0. The van der Waals surface area contributed by atoms with Gasteiger partial charge in [0.25, 0.3) is 0 Å². The van der Waals surface area contributed by atoms with Gasteiger partial charge in [0, 0.05) is 38.6 Å². The van der Waals surface area contributed by atoms with Gasteiger partial charge in [-0.1, -0.05) is 19.3 Å². The Kier molecular flexibility index (Phi) is 4.84. The zero-order valence-electron chi connectivity index (χ0n) is 11.7. The van der Waals surface area contributed by atoms with Crippen LogP contribution in [-0.2, 0) is 13.6 Å². The van der Waals surface area contributed by atoms with E-state index in [1.54, 1.807) is 0 Å². The number of hydrogen-bond acceptors (Lipinski definition) is 2. The first-order valence-electron chi connectivity index (χ1n) is 7.18. The summed E-state index contributed by atoms with van der Waals surface area (Å²) in [5.41, 5.74) is 1.35. The molecule has 0 spiro atoms. The molecule has 0 bridgehead atoms. The minimum atomic E-state index is -0.240. The van der Waals surface area contributed by atoms with Gasteiger partial charge in [-0.05, 0) is 31.4 Å². The minimum absolute atomic E-state index is 0.240. The minimum Gasteiger partial charge on any atom is -0.392 e. The van der Waals surface area contributed by atoms with Crippen molar-refractivity contribution in [2.75, 3.05) is 6.54 Å². The highest BCUT2D eigenvalue weighted by Crippen LogP contribution is 2.24. The topological polar surface area (TPSA) is 28.4 Å². The highest BCUT2D eigenvalue weighted by Gasteiger charge is 2.22. The van der Waals surface area contributed by atoms with Crippen LogP contribution in [0, 0.1) is 0 Å². The highest BCUT2D eigenvalue weighted by atomic mass is 16.3. The lowest BCUT2D eigenvalue weighted by Crippen LogP contribution is -2.40. The van der Waals surface area contributed by atoms with Gasteiger partial charge in [-0.3, -0.25) is 4.90 Å². The van der Waals surface area contributed by atoms with E-state index < -0.39 is 0 Å². The Morgan fingerprint density at radius 3 is 2.67 bits per heavy atom. The van der Waals surface area contributed by atoms with Crippen LogP contribution in [0.15, 0.2) is 18.5 Å². The second kappa shape index (κ2) is 6.39. The Morgan fingerprint density at radius 2 is 2.11 bits per heavy atom. The number of aryl methyl sites for hydroxylation is 1. The molecule has 1 aliphatic carbocycles. The molecule has 0 saturated heterocycles. The molecule has 18 heavy (non-hydrogen) atoms. The molecule has 0 aliphatic heterocycles. The lowest BCUT2D eigenvalue weighted by molar-refractivity contribution is 0.0769. The zero-order chi connectivity index (χ0) is 13.0. The smallest absolute Gasteiger partial charge is 0.0639 e. The van der Waals surface area contributed by atoms with Crippen molar-refractivity contribution in [1.82, 2.24) is 9.47 Å². The van der Waals surface area contributed by atoms with Crippen LogP contribution in [0.3, 0.4) is 0 Å². The summed E-state index contributed by atoms with van der Waals surface area (Å²) in [6, 6.07) is 2.84. The Hall–Kier alpha value is -0.800. The fourth-order valence-corrected chi connectivity index (χ4v) is 3.02. The molecule has 1 aromatic rings. The summed E-state index contributed by atoms with van der Waals surface area (Å²) in [6.07, 6.45) is 10.7. The molecule has 1 N–H and O–H groups in total. The molecule has 1 heterocycles. The summed E-state index contributed by atoms with van der Waals surface area (Å²) in [6.45, 7) is 3.65. The van der Waals surface area contributed by atoms with Gasteiger partial charge >= 0.3 is 0 Å². The van der Waals surface area contributed by atoms with Crippen LogP contribution < -0.4 is 0 Å². The van der Waals surface area contributed by atoms with E-state index >= 15 is 0 Å². The molecule has 3 heteroatoms. The molecule has 0 aromatic carbocycles. The van der Waals surface area contributed by atoms with Crippen molar-refractivity contribution in [2.24, 2.45) is 7.05 Å². The molecular formula is C15H26N2O. The number of hydrogen-bond donors (Lipinski definition) is 1. The quantitative estimate of drug-likeness (QED) is 0.870. The Bertz CT molecular complexity index is 353. The third kappa shape index (κ3) is 3.85. The van der Waals surface area contributed by atoms with E-state index in [-0.39, 0.29) is 6.10 Å². The van der Waals surface area contributed by atoms with Crippen molar-refractivity contribution >= 4 is 0 Å². The molecule has 0 radical (unpaired) electrons. The standard InChI is InChI=1S/C15H26N2O/c1-13(18)10-17(15-6-4-3-5-7-15)12-14-8-9-16(2)11-14/h8-9,11,13,15,18H,3-7,10,12H2,1-2H3. The van der Waals surface area contributed by atoms with E-state index in [1.807, 2.05) is 6.92 Å². The number of aliphatic hydroxyl groups is 1. The van der Waals surface area contributed by atoms with Gasteiger partial charge in [0.15, 0.2) is 0 Å². The van der Waals surface area contributed by atoms with Crippen LogP contribution in [0.4, 0.5) is 0 Å². The summed E-state index contributed by atoms with van der Waals surface area (Å²) in [4.78, 5) is 2.47. The van der Waals surface area contributed by atoms with Gasteiger partial charge in [0.1, 0.15) is 0 Å². The molecule has 1 saturated carbocycles. The average Bonchev–Trinajstić information content (AvgIpc) is 2.75. The van der Waals surface area contributed by atoms with Gasteiger partial charge < -0.3 is 9.67 Å². The molecule has 1 aromatic heterocycles. The van der Waals surface area contributed by atoms with E-state index in [9.17, 15) is 5.11 Å². The molecule has 3 nitrogen and oxygen atoms in total. The second-order valence-corrected chi connectivity index (χ2v) is 5.76. The first-order valence-corrected chi connectivity index (χ1v) is 7.18. The van der Waals surface area contributed by atoms with Crippen LogP contribution in [0.1, 0.15) is 44.6 Å². The van der Waals surface area contributed by atoms with E-state index in [4.69, 9.17) is 0 Å². The lowest BCUT2D eigenvalue weighted by Gasteiger charge is -2.35. The van der Waals surface area contributed by atoms with Crippen LogP contribution in [0.25, 0.3) is 0 Å². The summed E-state index contributed by atoms with van der Waals surface area (Å²) in [5, 5.41) is 9.69. The first-order chi connectivity index (χ1) is 8.65. The maximum Gasteiger partial charge on any atom is 0.0639 e. The monoisotopic (exact) mass is 250 g/mol. The summed E-state index contributed by atoms with van der Waals surface area (Å²) in [5.74, 6) is 0. The van der Waals surface area contributed by atoms with Gasteiger partial charge in [-0.25, -0.2) is 0 Å². The second-order valence-electron chi connectivity index (χ2n) is 5.76. The van der Waals surface area contributed by atoms with Gasteiger partial charge in [0.05, 0.1) is 6.10 Å². The maximum absolute atomic E-state index is 9.69. The van der Waals surface area contributed by atoms with Crippen molar-refractivity contribution in [2.45, 2.75) is 57.7 Å². The SMILES string of the molecule is CC(O)CN(Cc1ccn(C)c1)C1CCCCC1. The fraction of sp³-hybridized carbons (Fsp3) is 0.733. The van der Waals surface area contributed by atoms with E-state index in [1.165, 1.54) is 37.7 Å². The third-order valence-electron chi connectivity index (χ3n) is 3.87. The maximum atomic E-state index is 9.69. The molecule has 1 unspecified atom stereocenters. The molecule has 1 atom stereocenters. The number of rotatable bonds is 5. The molecule has 1 aliphatic rings. The lowest BCUT2D eigenvalue weighted by atomic mass is 9.93. The molecular weight excluding hydrogens is 224 g/mol. The molecule has 102 valence electrons. The van der Waals surface area contributed by atoms with Crippen LogP contribution in [-0.4, -0.2) is 33.3 Å². The van der Waals surface area contributed by atoms with Gasteiger partial charge in [-0.15, -0.1) is 0 Å². The normalized spacial score (nSPS) is 19.3. The van der Waals surface area contributed by atoms with E-state index in [0.717, 1.165) is 13.1 Å². The van der Waals surface area contributed by atoms with Crippen molar-refractivity contribution in [3.63, 3.8) is 0 Å². The Morgan fingerprint density at radius 1 is 1.39 bits per heavy atom. The van der Waals surface area contributed by atoms with Crippen molar-refractivity contribution in [1.29, 1.82) is 0 Å². The predicted molar refractivity (Wildman–Crippen MR) is 74.4 cm³/mol. The van der Waals surface area contributed by atoms with E-state index in [2.05, 4.69) is 35.0 Å². The first kappa shape index (κ1) is 13.6. The predicted octanol–water partition coefficient (Wildman–Crippen LogP) is 2.54. The average molecular weight is 250 g/mol. The fourth-order valence-electron chi connectivity index (χ4n) is 3.02. The Balaban J connectivity index is 1.99. The number of aromatic nitrogens is 1. The molecule has 2 rings (SSSR count). The van der Waals surface area contributed by atoms with Crippen molar-refractivity contribution in [3.8, 4) is 0 Å². The van der Waals surface area contributed by atoms with Gasteiger partial charge in [0.2, 0.25) is 0 Å². The van der Waals surface area contributed by atoms with Gasteiger partial charge in [-0.2, -0.15) is 0 Å². The molecule has 1 fully saturated rings. The number of aliphatic hydroxyl groups excluding tert-OH is 1. The molecule has 0 amide bonds. The summed E-state index contributed by atoms with van der Waals surface area (Å²) < 4.78 is 2.09. The largest absolute Gasteiger partial charge is 0.392 e. The van der Waals surface area contributed by atoms with Crippen LogP contribution in [0.5, 0.6) is 0 Å². The van der Waals surface area contributed by atoms with Crippen LogP contribution in [0.2, 0.25) is 0 Å². The number of nitrogens with zero attached hydrogens (tertiary/aromatic N) is 2.